The van der Waals surface area contributed by atoms with Gasteiger partial charge >= 0.3 is 0 Å². The molecule has 1 nitrogen and oxygen atoms in total. The Labute approximate surface area is 317 Å². The van der Waals surface area contributed by atoms with Gasteiger partial charge in [0.25, 0.3) is 0 Å². The van der Waals surface area contributed by atoms with E-state index < -0.39 is 0 Å². The van der Waals surface area contributed by atoms with Gasteiger partial charge in [-0.2, -0.15) is 0 Å². The minimum absolute atomic E-state index is 0.231. The molecule has 1 spiro atoms. The van der Waals surface area contributed by atoms with Gasteiger partial charge in [0.2, 0.25) is 0 Å². The molecule has 2 aliphatic heterocycles. The molecule has 8 aliphatic rings. The van der Waals surface area contributed by atoms with Gasteiger partial charge in [0.1, 0.15) is 0 Å². The summed E-state index contributed by atoms with van der Waals surface area (Å²) in [6.07, 6.45) is 45.4. The molecule has 5 unspecified atom stereocenters. The minimum Gasteiger partial charge on any atom is -0.340 e. The molecule has 0 radical (unpaired) electrons. The molecule has 3 heterocycles. The van der Waals surface area contributed by atoms with Crippen LogP contribution in [0.25, 0.3) is 12.2 Å². The molecule has 3 heteroatoms. The van der Waals surface area contributed by atoms with E-state index in [0.29, 0.717) is 23.1 Å². The van der Waals surface area contributed by atoms with Gasteiger partial charge in [0.15, 0.2) is 0 Å². The Hall–Kier alpha value is -3.92. The third kappa shape index (κ3) is 4.70. The molecular weight excluding hydrogens is 667 g/mol. The van der Waals surface area contributed by atoms with Crippen molar-refractivity contribution in [3.63, 3.8) is 0 Å². The molecule has 0 amide bonds. The highest BCUT2D eigenvalue weighted by Gasteiger charge is 2.53. The lowest BCUT2D eigenvalue weighted by atomic mass is 9.59. The van der Waals surface area contributed by atoms with Crippen LogP contribution in [0.2, 0.25) is 0 Å². The summed E-state index contributed by atoms with van der Waals surface area (Å²) >= 11 is 4.16. The van der Waals surface area contributed by atoms with Gasteiger partial charge in [0, 0.05) is 54.3 Å². The van der Waals surface area contributed by atoms with Crippen LogP contribution >= 0.6 is 23.5 Å². The molecule has 258 valence electrons. The summed E-state index contributed by atoms with van der Waals surface area (Å²) in [5.41, 5.74) is 15.2. The standard InChI is InChI=1S/C49H45NS2/c1-3-14-32(15-4-1)33-26-28-41-46(30-33)51-44-24-11-8-21-39(44)49(41)40-22-9-12-25-45(40)52-47-31-34(27-29-42(47)49)36-19-13-20-38-37-18-7-10-23-43(37)50(48(36)38)35-16-5-2-6-17-35/h1,3-5,7-9,11-14,16,18,20-22,24,27,29-32,35-36,45H,2,6,10,15,17,19,23,25-26,28H2. The summed E-state index contributed by atoms with van der Waals surface area (Å²) < 4.78 is 2.81. The van der Waals surface area contributed by atoms with Crippen LogP contribution in [-0.2, 0) is 11.8 Å². The van der Waals surface area contributed by atoms with Crippen molar-refractivity contribution in [3.05, 3.63) is 176 Å². The zero-order chi connectivity index (χ0) is 34.2. The molecule has 0 saturated carbocycles. The lowest BCUT2D eigenvalue weighted by molar-refractivity contribution is 0.480. The average Bonchev–Trinajstić information content (AvgIpc) is 3.56. The van der Waals surface area contributed by atoms with Crippen LogP contribution in [0.1, 0.15) is 109 Å². The second-order valence-electron chi connectivity index (χ2n) is 15.8. The molecule has 1 aromatic heterocycles. The quantitative estimate of drug-likeness (QED) is 0.249. The maximum atomic E-state index is 2.81. The fourth-order valence-corrected chi connectivity index (χ4v) is 13.6. The van der Waals surface area contributed by atoms with Gasteiger partial charge in [-0.15, -0.1) is 11.8 Å². The Morgan fingerprint density at radius 1 is 0.750 bits per heavy atom. The highest BCUT2D eigenvalue weighted by Crippen LogP contribution is 2.65. The molecule has 3 aromatic rings. The molecule has 0 N–H and O–H groups in total. The SMILES string of the molecule is C1=CCC(C2=CC3=C(CC2)C2(C4=CC=CCC4Sc4cc(C5CC=Cc6c7c(n(C8C=CCCC8)c65)CCC=C7)ccc42)c2ccccc2S3)C=C1. The molecule has 2 aromatic carbocycles. The Bertz CT molecular complexity index is 2290. The number of rotatable bonds is 3. The Balaban J connectivity index is 1.10. The Morgan fingerprint density at radius 3 is 2.60 bits per heavy atom. The topological polar surface area (TPSA) is 4.93 Å². The zero-order valence-corrected chi connectivity index (χ0v) is 31.4. The van der Waals surface area contributed by atoms with Gasteiger partial charge < -0.3 is 4.57 Å². The number of nitrogens with zero attached hydrogens (tertiary/aromatic N) is 1. The molecule has 0 saturated heterocycles. The van der Waals surface area contributed by atoms with Crippen LogP contribution in [-0.4, -0.2) is 9.82 Å². The number of hydrogen-bond acceptors (Lipinski definition) is 2. The summed E-state index contributed by atoms with van der Waals surface area (Å²) in [6, 6.07) is 17.7. The van der Waals surface area contributed by atoms with Crippen LogP contribution in [0.5, 0.6) is 0 Å². The van der Waals surface area contributed by atoms with Crippen molar-refractivity contribution >= 4 is 35.7 Å². The van der Waals surface area contributed by atoms with E-state index in [4.69, 9.17) is 0 Å². The van der Waals surface area contributed by atoms with Gasteiger partial charge in [-0.25, -0.2) is 0 Å². The Morgan fingerprint density at radius 2 is 1.67 bits per heavy atom. The van der Waals surface area contributed by atoms with Gasteiger partial charge in [-0.1, -0.05) is 127 Å². The monoisotopic (exact) mass is 711 g/mol. The number of allylic oxidation sites excluding steroid dienone is 14. The highest BCUT2D eigenvalue weighted by atomic mass is 32.2. The summed E-state index contributed by atoms with van der Waals surface area (Å²) in [4.78, 5) is 4.42. The Kier molecular flexibility index (Phi) is 7.65. The van der Waals surface area contributed by atoms with E-state index in [0.717, 1.165) is 44.9 Å². The number of fused-ring (bicyclic) bond motifs is 10. The summed E-state index contributed by atoms with van der Waals surface area (Å²) in [7, 11) is 0. The van der Waals surface area contributed by atoms with Crippen LogP contribution in [0.4, 0.5) is 0 Å². The third-order valence-electron chi connectivity index (χ3n) is 13.1. The van der Waals surface area contributed by atoms with Crippen molar-refractivity contribution in [2.45, 2.75) is 96.6 Å². The number of thioether (sulfide) groups is 2. The van der Waals surface area contributed by atoms with E-state index in [1.165, 1.54) is 61.8 Å². The maximum Gasteiger partial charge on any atom is 0.0671 e. The first-order chi connectivity index (χ1) is 25.8. The zero-order valence-electron chi connectivity index (χ0n) is 29.8. The van der Waals surface area contributed by atoms with E-state index in [2.05, 4.69) is 144 Å². The average molecular weight is 712 g/mol. The largest absolute Gasteiger partial charge is 0.340 e. The number of hydrogen-bond donors (Lipinski definition) is 0. The van der Waals surface area contributed by atoms with E-state index in [1.54, 1.807) is 28.1 Å². The molecule has 11 rings (SSSR count). The summed E-state index contributed by atoms with van der Waals surface area (Å²) in [5.74, 6) is 0.883. The van der Waals surface area contributed by atoms with Crippen molar-refractivity contribution in [1.29, 1.82) is 0 Å². The molecule has 5 atom stereocenters. The van der Waals surface area contributed by atoms with E-state index in [-0.39, 0.29) is 5.41 Å². The first-order valence-electron chi connectivity index (χ1n) is 19.8. The predicted octanol–water partition coefficient (Wildman–Crippen LogP) is 13.1. The highest BCUT2D eigenvalue weighted by molar-refractivity contribution is 8.03. The lowest BCUT2D eigenvalue weighted by Crippen LogP contribution is -2.43. The molecule has 52 heavy (non-hydrogen) atoms. The van der Waals surface area contributed by atoms with Gasteiger partial charge in [0.05, 0.1) is 11.5 Å². The molecule has 0 fully saturated rings. The van der Waals surface area contributed by atoms with E-state index in [1.807, 2.05) is 11.8 Å². The lowest BCUT2D eigenvalue weighted by Gasteiger charge is -2.51. The van der Waals surface area contributed by atoms with Crippen molar-refractivity contribution in [2.75, 3.05) is 0 Å². The van der Waals surface area contributed by atoms with Crippen molar-refractivity contribution in [3.8, 4) is 0 Å². The fraction of sp³-hybridized carbons (Fsp3) is 0.306. The van der Waals surface area contributed by atoms with Crippen LogP contribution in [0.15, 0.2) is 147 Å². The smallest absolute Gasteiger partial charge is 0.0671 e. The first kappa shape index (κ1) is 31.6. The van der Waals surface area contributed by atoms with Crippen molar-refractivity contribution in [2.24, 2.45) is 5.92 Å². The van der Waals surface area contributed by atoms with Crippen LogP contribution in [0, 0.1) is 5.92 Å². The third-order valence-corrected chi connectivity index (χ3v) is 15.6. The van der Waals surface area contributed by atoms with E-state index >= 15 is 0 Å². The second-order valence-corrected chi connectivity index (χ2v) is 18.1. The van der Waals surface area contributed by atoms with E-state index in [9.17, 15) is 0 Å². The molecule has 6 aliphatic carbocycles. The summed E-state index contributed by atoms with van der Waals surface area (Å²) in [5, 5.41) is 0.435. The number of aromatic nitrogens is 1. The molecular formula is C49H45NS2. The fourth-order valence-electron chi connectivity index (χ4n) is 10.9. The van der Waals surface area contributed by atoms with Crippen molar-refractivity contribution in [1.82, 2.24) is 4.57 Å². The number of benzene rings is 2. The minimum atomic E-state index is -0.231. The van der Waals surface area contributed by atoms with Crippen LogP contribution in [0.3, 0.4) is 0 Å². The normalized spacial score (nSPS) is 29.2. The second kappa shape index (κ2) is 12.6. The summed E-state index contributed by atoms with van der Waals surface area (Å²) in [6.45, 7) is 0. The van der Waals surface area contributed by atoms with Gasteiger partial charge in [-0.05, 0) is 110 Å². The predicted molar refractivity (Wildman–Crippen MR) is 221 cm³/mol. The first-order valence-corrected chi connectivity index (χ1v) is 21.5. The maximum absolute atomic E-state index is 2.81. The molecule has 0 bridgehead atoms. The van der Waals surface area contributed by atoms with Gasteiger partial charge in [-0.3, -0.25) is 0 Å². The van der Waals surface area contributed by atoms with Crippen molar-refractivity contribution < 1.29 is 0 Å². The van der Waals surface area contributed by atoms with Crippen LogP contribution < -0.4 is 0 Å².